The summed E-state index contributed by atoms with van der Waals surface area (Å²) in [5.41, 5.74) is 0.852. The molecule has 0 radical (unpaired) electrons. The highest BCUT2D eigenvalue weighted by Crippen LogP contribution is 2.20. The first-order chi connectivity index (χ1) is 5.47. The standard InChI is InChI=1S/C8H9NO2/c1-2-4-9-7(3-1)8-10-5-6-11-8/h1-4,8H,5-6H2. The van der Waals surface area contributed by atoms with Crippen molar-refractivity contribution in [1.82, 2.24) is 4.98 Å². The van der Waals surface area contributed by atoms with Crippen molar-refractivity contribution >= 4 is 0 Å². The van der Waals surface area contributed by atoms with Gasteiger partial charge in [0.1, 0.15) is 0 Å². The molecule has 0 saturated carbocycles. The molecule has 1 aromatic rings. The van der Waals surface area contributed by atoms with E-state index >= 15 is 0 Å². The van der Waals surface area contributed by atoms with Crippen LogP contribution in [0.5, 0.6) is 0 Å². The highest BCUT2D eigenvalue weighted by Gasteiger charge is 2.18. The van der Waals surface area contributed by atoms with Gasteiger partial charge in [0.15, 0.2) is 0 Å². The predicted octanol–water partition coefficient (Wildman–Crippen LogP) is 1.13. The van der Waals surface area contributed by atoms with E-state index in [0.717, 1.165) is 5.69 Å². The van der Waals surface area contributed by atoms with E-state index in [0.29, 0.717) is 13.2 Å². The first-order valence-corrected chi connectivity index (χ1v) is 3.61. The average Bonchev–Trinajstić information content (AvgIpc) is 2.58. The molecule has 0 aromatic carbocycles. The molecule has 1 saturated heterocycles. The number of rotatable bonds is 1. The van der Waals surface area contributed by atoms with E-state index in [1.807, 2.05) is 18.2 Å². The van der Waals surface area contributed by atoms with Crippen molar-refractivity contribution in [2.75, 3.05) is 13.2 Å². The minimum atomic E-state index is -0.240. The fourth-order valence-corrected chi connectivity index (χ4v) is 1.04. The molecule has 1 aliphatic rings. The molecule has 0 unspecified atom stereocenters. The molecule has 11 heavy (non-hydrogen) atoms. The second-order valence-corrected chi connectivity index (χ2v) is 2.33. The minimum Gasteiger partial charge on any atom is -0.345 e. The number of aromatic nitrogens is 1. The summed E-state index contributed by atoms with van der Waals surface area (Å²) in [6.45, 7) is 1.34. The molecule has 1 aromatic heterocycles. The van der Waals surface area contributed by atoms with Gasteiger partial charge in [0, 0.05) is 6.20 Å². The molecule has 0 aliphatic carbocycles. The Morgan fingerprint density at radius 1 is 1.27 bits per heavy atom. The van der Waals surface area contributed by atoms with E-state index in [1.165, 1.54) is 0 Å². The van der Waals surface area contributed by atoms with Crippen molar-refractivity contribution in [2.24, 2.45) is 0 Å². The molecule has 0 amide bonds. The van der Waals surface area contributed by atoms with Gasteiger partial charge in [-0.25, -0.2) is 0 Å². The van der Waals surface area contributed by atoms with Gasteiger partial charge in [-0.05, 0) is 12.1 Å². The van der Waals surface area contributed by atoms with E-state index in [2.05, 4.69) is 4.98 Å². The van der Waals surface area contributed by atoms with Crippen LogP contribution >= 0.6 is 0 Å². The number of hydrogen-bond donors (Lipinski definition) is 0. The largest absolute Gasteiger partial charge is 0.345 e. The van der Waals surface area contributed by atoms with Gasteiger partial charge in [0.2, 0.25) is 6.29 Å². The number of nitrogens with zero attached hydrogens (tertiary/aromatic N) is 1. The van der Waals surface area contributed by atoms with Gasteiger partial charge in [-0.15, -0.1) is 0 Å². The van der Waals surface area contributed by atoms with E-state index in [4.69, 9.17) is 9.47 Å². The maximum atomic E-state index is 5.25. The monoisotopic (exact) mass is 151 g/mol. The molecule has 3 heteroatoms. The highest BCUT2D eigenvalue weighted by atomic mass is 16.7. The Bertz CT molecular complexity index is 219. The van der Waals surface area contributed by atoms with E-state index in [-0.39, 0.29) is 6.29 Å². The first-order valence-electron chi connectivity index (χ1n) is 3.61. The smallest absolute Gasteiger partial charge is 0.201 e. The molecule has 1 fully saturated rings. The Hall–Kier alpha value is -0.930. The molecule has 1 aliphatic heterocycles. The number of hydrogen-bond acceptors (Lipinski definition) is 3. The van der Waals surface area contributed by atoms with Crippen molar-refractivity contribution in [3.05, 3.63) is 30.1 Å². The number of ether oxygens (including phenoxy) is 2. The Balaban J connectivity index is 2.16. The molecule has 0 bridgehead atoms. The zero-order chi connectivity index (χ0) is 7.52. The minimum absolute atomic E-state index is 0.240. The van der Waals surface area contributed by atoms with Gasteiger partial charge in [0.05, 0.1) is 18.9 Å². The van der Waals surface area contributed by atoms with Gasteiger partial charge in [0.25, 0.3) is 0 Å². The summed E-state index contributed by atoms with van der Waals surface area (Å²) in [6, 6.07) is 5.70. The lowest BCUT2D eigenvalue weighted by molar-refractivity contribution is -0.0472. The second kappa shape index (κ2) is 2.98. The lowest BCUT2D eigenvalue weighted by atomic mass is 10.3. The summed E-state index contributed by atoms with van der Waals surface area (Å²) in [7, 11) is 0. The quantitative estimate of drug-likeness (QED) is 0.602. The van der Waals surface area contributed by atoms with Crippen molar-refractivity contribution in [1.29, 1.82) is 0 Å². The predicted molar refractivity (Wildman–Crippen MR) is 38.9 cm³/mol. The molecular formula is C8H9NO2. The van der Waals surface area contributed by atoms with Gasteiger partial charge in [-0.2, -0.15) is 0 Å². The Morgan fingerprint density at radius 3 is 2.73 bits per heavy atom. The Kier molecular flexibility index (Phi) is 1.83. The van der Waals surface area contributed by atoms with Crippen LogP contribution in [0.3, 0.4) is 0 Å². The molecule has 0 spiro atoms. The van der Waals surface area contributed by atoms with Crippen LogP contribution in [0.15, 0.2) is 24.4 Å². The fourth-order valence-electron chi connectivity index (χ4n) is 1.04. The van der Waals surface area contributed by atoms with Crippen molar-refractivity contribution < 1.29 is 9.47 Å². The van der Waals surface area contributed by atoms with Crippen LogP contribution in [0.2, 0.25) is 0 Å². The maximum absolute atomic E-state index is 5.25. The lowest BCUT2D eigenvalue weighted by Gasteiger charge is -2.06. The molecule has 0 atom stereocenters. The third kappa shape index (κ3) is 1.39. The van der Waals surface area contributed by atoms with Gasteiger partial charge < -0.3 is 9.47 Å². The van der Waals surface area contributed by atoms with Crippen LogP contribution in [0.4, 0.5) is 0 Å². The summed E-state index contributed by atoms with van der Waals surface area (Å²) in [5, 5.41) is 0. The molecule has 2 heterocycles. The van der Waals surface area contributed by atoms with Crippen LogP contribution in [-0.2, 0) is 9.47 Å². The second-order valence-electron chi connectivity index (χ2n) is 2.33. The number of pyridine rings is 1. The van der Waals surface area contributed by atoms with Crippen LogP contribution in [0.1, 0.15) is 12.0 Å². The van der Waals surface area contributed by atoms with Gasteiger partial charge >= 0.3 is 0 Å². The fraction of sp³-hybridized carbons (Fsp3) is 0.375. The van der Waals surface area contributed by atoms with E-state index < -0.39 is 0 Å². The van der Waals surface area contributed by atoms with Crippen molar-refractivity contribution in [3.63, 3.8) is 0 Å². The zero-order valence-electron chi connectivity index (χ0n) is 6.06. The third-order valence-corrected chi connectivity index (χ3v) is 1.55. The van der Waals surface area contributed by atoms with Gasteiger partial charge in [-0.3, -0.25) is 4.98 Å². The van der Waals surface area contributed by atoms with E-state index in [9.17, 15) is 0 Å². The molecule has 3 nitrogen and oxygen atoms in total. The summed E-state index contributed by atoms with van der Waals surface area (Å²) >= 11 is 0. The normalized spacial score (nSPS) is 18.9. The Labute approximate surface area is 65.0 Å². The average molecular weight is 151 g/mol. The van der Waals surface area contributed by atoms with Crippen molar-refractivity contribution in [2.45, 2.75) is 6.29 Å². The summed E-state index contributed by atoms with van der Waals surface area (Å²) < 4.78 is 10.5. The molecule has 58 valence electrons. The maximum Gasteiger partial charge on any atom is 0.201 e. The Morgan fingerprint density at radius 2 is 2.09 bits per heavy atom. The van der Waals surface area contributed by atoms with Crippen LogP contribution in [0.25, 0.3) is 0 Å². The van der Waals surface area contributed by atoms with Gasteiger partial charge in [-0.1, -0.05) is 6.07 Å². The summed E-state index contributed by atoms with van der Waals surface area (Å²) in [4.78, 5) is 4.11. The van der Waals surface area contributed by atoms with Crippen LogP contribution < -0.4 is 0 Å². The molecule has 0 N–H and O–H groups in total. The van der Waals surface area contributed by atoms with Crippen molar-refractivity contribution in [3.8, 4) is 0 Å². The van der Waals surface area contributed by atoms with Crippen LogP contribution in [-0.4, -0.2) is 18.2 Å². The SMILES string of the molecule is c1ccc(C2OCCO2)nc1. The lowest BCUT2D eigenvalue weighted by Crippen LogP contribution is -1.99. The van der Waals surface area contributed by atoms with Crippen LogP contribution in [0, 0.1) is 0 Å². The summed E-state index contributed by atoms with van der Waals surface area (Å²) in [6.07, 6.45) is 1.50. The van der Waals surface area contributed by atoms with E-state index in [1.54, 1.807) is 6.20 Å². The first kappa shape index (κ1) is 6.76. The molecular weight excluding hydrogens is 142 g/mol. The summed E-state index contributed by atoms with van der Waals surface area (Å²) in [5.74, 6) is 0. The zero-order valence-corrected chi connectivity index (χ0v) is 6.06. The highest BCUT2D eigenvalue weighted by molar-refractivity contribution is 5.05. The molecule has 2 rings (SSSR count). The third-order valence-electron chi connectivity index (χ3n) is 1.55. The topological polar surface area (TPSA) is 31.4 Å².